The zero-order chi connectivity index (χ0) is 21.3. The summed E-state index contributed by atoms with van der Waals surface area (Å²) in [6.45, 7) is 3.93. The smallest absolute Gasteiger partial charge is 0.170 e. The molecule has 0 atom stereocenters. The monoisotopic (exact) mass is 426 g/mol. The van der Waals surface area contributed by atoms with Gasteiger partial charge in [0.25, 0.3) is 0 Å². The Morgan fingerprint density at radius 2 is 1.60 bits per heavy atom. The highest BCUT2D eigenvalue weighted by Crippen LogP contribution is 2.18. The minimum absolute atomic E-state index is 0.682. The van der Waals surface area contributed by atoms with E-state index in [1.54, 1.807) is 0 Å². The second-order valence-corrected chi connectivity index (χ2v) is 8.23. The van der Waals surface area contributed by atoms with Gasteiger partial charge in [0.1, 0.15) is 5.75 Å². The molecule has 0 aliphatic heterocycles. The van der Waals surface area contributed by atoms with Gasteiger partial charge in [-0.3, -0.25) is 0 Å². The Morgan fingerprint density at radius 3 is 2.43 bits per heavy atom. The standard InChI is InChI=1S/C26H38N2OS/c1-2-3-4-5-6-12-20-27-26(30)28-24-18-14-19-25(22-24)29-21-13-8-11-17-23-15-9-7-10-16-23/h7,9-10,14-16,18-19,22H,2-6,8,11-13,17,20-21H2,1H3,(H2,27,28,30). The summed E-state index contributed by atoms with van der Waals surface area (Å²) in [6.07, 6.45) is 12.3. The highest BCUT2D eigenvalue weighted by atomic mass is 32.1. The number of anilines is 1. The summed E-state index contributed by atoms with van der Waals surface area (Å²) in [6, 6.07) is 18.7. The van der Waals surface area contributed by atoms with E-state index >= 15 is 0 Å². The zero-order valence-corrected chi connectivity index (χ0v) is 19.3. The summed E-state index contributed by atoms with van der Waals surface area (Å²) in [5.41, 5.74) is 2.38. The Hall–Kier alpha value is -2.07. The number of hydrogen-bond donors (Lipinski definition) is 2. The summed E-state index contributed by atoms with van der Waals surface area (Å²) in [4.78, 5) is 0. The second kappa shape index (κ2) is 15.7. The van der Waals surface area contributed by atoms with Gasteiger partial charge in [0.2, 0.25) is 0 Å². The van der Waals surface area contributed by atoms with Crippen LogP contribution in [0, 0.1) is 0 Å². The van der Waals surface area contributed by atoms with Gasteiger partial charge in [-0.1, -0.05) is 75.4 Å². The van der Waals surface area contributed by atoms with Crippen molar-refractivity contribution in [3.63, 3.8) is 0 Å². The molecule has 0 spiro atoms. The number of hydrogen-bond acceptors (Lipinski definition) is 2. The summed E-state index contributed by atoms with van der Waals surface area (Å²) < 4.78 is 5.92. The molecule has 4 heteroatoms. The van der Waals surface area contributed by atoms with Crippen LogP contribution in [-0.4, -0.2) is 18.3 Å². The highest BCUT2D eigenvalue weighted by Gasteiger charge is 2.01. The van der Waals surface area contributed by atoms with Crippen LogP contribution in [0.4, 0.5) is 5.69 Å². The number of thiocarbonyl (C=S) groups is 1. The van der Waals surface area contributed by atoms with Crippen LogP contribution in [0.2, 0.25) is 0 Å². The van der Waals surface area contributed by atoms with E-state index in [4.69, 9.17) is 17.0 Å². The van der Waals surface area contributed by atoms with E-state index in [2.05, 4.69) is 47.9 Å². The molecule has 0 fully saturated rings. The minimum Gasteiger partial charge on any atom is -0.494 e. The summed E-state index contributed by atoms with van der Waals surface area (Å²) in [7, 11) is 0. The van der Waals surface area contributed by atoms with Crippen LogP contribution in [0.25, 0.3) is 0 Å². The highest BCUT2D eigenvalue weighted by molar-refractivity contribution is 7.80. The number of aryl methyl sites for hydroxylation is 1. The molecule has 30 heavy (non-hydrogen) atoms. The van der Waals surface area contributed by atoms with E-state index in [1.165, 1.54) is 56.9 Å². The van der Waals surface area contributed by atoms with Crippen molar-refractivity contribution < 1.29 is 4.74 Å². The van der Waals surface area contributed by atoms with Gasteiger partial charge >= 0.3 is 0 Å². The molecule has 0 aliphatic carbocycles. The largest absolute Gasteiger partial charge is 0.494 e. The van der Waals surface area contributed by atoms with Gasteiger partial charge in [0, 0.05) is 18.3 Å². The van der Waals surface area contributed by atoms with E-state index in [1.807, 2.05) is 24.3 Å². The van der Waals surface area contributed by atoms with Gasteiger partial charge in [-0.15, -0.1) is 0 Å². The fourth-order valence-electron chi connectivity index (χ4n) is 3.39. The maximum absolute atomic E-state index is 5.92. The predicted molar refractivity (Wildman–Crippen MR) is 134 cm³/mol. The van der Waals surface area contributed by atoms with E-state index in [-0.39, 0.29) is 0 Å². The third-order valence-electron chi connectivity index (χ3n) is 5.13. The van der Waals surface area contributed by atoms with Crippen molar-refractivity contribution >= 4 is 23.0 Å². The van der Waals surface area contributed by atoms with Crippen molar-refractivity contribution in [1.82, 2.24) is 5.32 Å². The van der Waals surface area contributed by atoms with E-state index < -0.39 is 0 Å². The zero-order valence-electron chi connectivity index (χ0n) is 18.5. The quantitative estimate of drug-likeness (QED) is 0.234. The van der Waals surface area contributed by atoms with Crippen molar-refractivity contribution in [3.8, 4) is 5.75 Å². The summed E-state index contributed by atoms with van der Waals surface area (Å²) in [5.74, 6) is 0.891. The van der Waals surface area contributed by atoms with E-state index in [0.717, 1.165) is 37.4 Å². The first-order valence-electron chi connectivity index (χ1n) is 11.6. The van der Waals surface area contributed by atoms with Crippen molar-refractivity contribution in [2.75, 3.05) is 18.5 Å². The molecule has 0 unspecified atom stereocenters. The van der Waals surface area contributed by atoms with Gasteiger partial charge in [-0.25, -0.2) is 0 Å². The number of unbranched alkanes of at least 4 members (excludes halogenated alkanes) is 7. The van der Waals surface area contributed by atoms with Gasteiger partial charge < -0.3 is 15.4 Å². The Kier molecular flexibility index (Phi) is 12.7. The van der Waals surface area contributed by atoms with Crippen LogP contribution in [0.3, 0.4) is 0 Å². The molecule has 0 saturated heterocycles. The molecule has 0 saturated carbocycles. The van der Waals surface area contributed by atoms with Crippen LogP contribution in [-0.2, 0) is 6.42 Å². The molecule has 0 aromatic heterocycles. The SMILES string of the molecule is CCCCCCCCNC(=S)Nc1cccc(OCCCCCc2ccccc2)c1. The first-order chi connectivity index (χ1) is 14.8. The molecule has 2 rings (SSSR count). The lowest BCUT2D eigenvalue weighted by molar-refractivity contribution is 0.305. The van der Waals surface area contributed by atoms with Crippen LogP contribution in [0.1, 0.15) is 70.3 Å². The van der Waals surface area contributed by atoms with E-state index in [9.17, 15) is 0 Å². The summed E-state index contributed by atoms with van der Waals surface area (Å²) >= 11 is 5.41. The Labute approximate surface area is 188 Å². The van der Waals surface area contributed by atoms with Crippen LogP contribution < -0.4 is 15.4 Å². The normalized spacial score (nSPS) is 10.6. The van der Waals surface area contributed by atoms with Gasteiger partial charge in [0.15, 0.2) is 5.11 Å². The number of rotatable bonds is 15. The average molecular weight is 427 g/mol. The molecule has 0 bridgehead atoms. The predicted octanol–water partition coefficient (Wildman–Crippen LogP) is 7.13. The van der Waals surface area contributed by atoms with Crippen molar-refractivity contribution in [3.05, 3.63) is 60.2 Å². The Morgan fingerprint density at radius 1 is 0.833 bits per heavy atom. The average Bonchev–Trinajstić information content (AvgIpc) is 2.76. The molecule has 2 aromatic carbocycles. The molecule has 0 heterocycles. The minimum atomic E-state index is 0.682. The molecule has 2 aromatic rings. The van der Waals surface area contributed by atoms with Crippen molar-refractivity contribution in [2.45, 2.75) is 71.1 Å². The maximum Gasteiger partial charge on any atom is 0.170 e. The molecule has 0 amide bonds. The van der Waals surface area contributed by atoms with Gasteiger partial charge in [-0.05, 0) is 62.0 Å². The third kappa shape index (κ3) is 11.2. The number of benzene rings is 2. The Balaban J connectivity index is 1.55. The Bertz CT molecular complexity index is 705. The van der Waals surface area contributed by atoms with Gasteiger partial charge in [0.05, 0.1) is 6.61 Å². The fourth-order valence-corrected chi connectivity index (χ4v) is 3.61. The first kappa shape index (κ1) is 24.2. The van der Waals surface area contributed by atoms with E-state index in [0.29, 0.717) is 5.11 Å². The number of ether oxygens (including phenoxy) is 1. The second-order valence-electron chi connectivity index (χ2n) is 7.82. The topological polar surface area (TPSA) is 33.3 Å². The first-order valence-corrected chi connectivity index (χ1v) is 12.0. The fraction of sp³-hybridized carbons (Fsp3) is 0.500. The molecule has 2 N–H and O–H groups in total. The van der Waals surface area contributed by atoms with Gasteiger partial charge in [-0.2, -0.15) is 0 Å². The maximum atomic E-state index is 5.92. The van der Waals surface area contributed by atoms with Crippen LogP contribution in [0.15, 0.2) is 54.6 Å². The lowest BCUT2D eigenvalue weighted by Crippen LogP contribution is -2.29. The lowest BCUT2D eigenvalue weighted by Gasteiger charge is -2.12. The molecular formula is C26H38N2OS. The van der Waals surface area contributed by atoms with Crippen LogP contribution in [0.5, 0.6) is 5.75 Å². The van der Waals surface area contributed by atoms with Crippen molar-refractivity contribution in [1.29, 1.82) is 0 Å². The van der Waals surface area contributed by atoms with Crippen LogP contribution >= 0.6 is 12.2 Å². The molecular weight excluding hydrogens is 388 g/mol. The molecule has 164 valence electrons. The number of nitrogens with one attached hydrogen (secondary N) is 2. The molecule has 0 aliphatic rings. The third-order valence-corrected chi connectivity index (χ3v) is 5.38. The molecule has 0 radical (unpaired) electrons. The summed E-state index contributed by atoms with van der Waals surface area (Å²) in [5, 5.41) is 7.25. The van der Waals surface area contributed by atoms with Crippen molar-refractivity contribution in [2.24, 2.45) is 0 Å². The lowest BCUT2D eigenvalue weighted by atomic mass is 10.1. The molecule has 3 nitrogen and oxygen atoms in total.